The topological polar surface area (TPSA) is 78.9 Å². The molecule has 2 aromatic heterocycles. The van der Waals surface area contributed by atoms with E-state index in [1.54, 1.807) is 24.3 Å². The molecule has 7 nitrogen and oxygen atoms in total. The maximum Gasteiger partial charge on any atom is 0.337 e. The highest BCUT2D eigenvalue weighted by Gasteiger charge is 2.21. The van der Waals surface area contributed by atoms with Crippen LogP contribution >= 0.6 is 11.6 Å². The maximum absolute atomic E-state index is 13.5. The molecule has 0 aliphatic carbocycles. The summed E-state index contributed by atoms with van der Waals surface area (Å²) in [6.45, 7) is 6.19. The van der Waals surface area contributed by atoms with Crippen LogP contribution in [0, 0.1) is 12.8 Å². The van der Waals surface area contributed by atoms with Crippen molar-refractivity contribution in [2.45, 2.75) is 40.3 Å². The molecule has 0 saturated heterocycles. The smallest absolute Gasteiger partial charge is 0.317 e. The lowest BCUT2D eigenvalue weighted by Gasteiger charge is -2.15. The minimum atomic E-state index is -0.443. The van der Waals surface area contributed by atoms with Gasteiger partial charge in [0.1, 0.15) is 0 Å². The van der Waals surface area contributed by atoms with E-state index in [1.807, 2.05) is 45.0 Å². The molecule has 0 amide bonds. The summed E-state index contributed by atoms with van der Waals surface area (Å²) in [5.41, 5.74) is 1.60. The zero-order valence-electron chi connectivity index (χ0n) is 18.8. The Bertz CT molecular complexity index is 1450. The summed E-state index contributed by atoms with van der Waals surface area (Å²) in [7, 11) is 0. The number of fused-ring (bicyclic) bond motifs is 1. The third-order valence-electron chi connectivity index (χ3n) is 5.67. The molecule has 2 aromatic carbocycles. The minimum absolute atomic E-state index is 0.0798. The Balaban J connectivity index is 1.91. The largest absolute Gasteiger partial charge is 0.337 e. The average Bonchev–Trinajstić information content (AvgIpc) is 3.18. The second kappa shape index (κ2) is 9.19. The van der Waals surface area contributed by atoms with Crippen LogP contribution in [0.1, 0.15) is 36.2 Å². The zero-order valence-corrected chi connectivity index (χ0v) is 19.5. The van der Waals surface area contributed by atoms with E-state index in [1.165, 1.54) is 20.0 Å². The Morgan fingerprint density at radius 1 is 1.06 bits per heavy atom. The van der Waals surface area contributed by atoms with E-state index >= 15 is 0 Å². The normalized spacial score (nSPS) is 11.4. The number of imidazole rings is 1. The minimum Gasteiger partial charge on any atom is -0.317 e. The van der Waals surface area contributed by atoms with Crippen molar-refractivity contribution in [2.24, 2.45) is 5.92 Å². The van der Waals surface area contributed by atoms with Crippen LogP contribution in [-0.4, -0.2) is 24.5 Å². The van der Waals surface area contributed by atoms with Crippen molar-refractivity contribution >= 4 is 28.5 Å². The molecule has 0 fully saturated rings. The number of Topliss-reactive ketones (excluding diaryl/α,β-unsaturated/α-hetero) is 1. The summed E-state index contributed by atoms with van der Waals surface area (Å²) in [5, 5.41) is 0.537. The molecule has 2 heterocycles. The van der Waals surface area contributed by atoms with Gasteiger partial charge >= 0.3 is 5.69 Å². The first kappa shape index (κ1) is 22.7. The van der Waals surface area contributed by atoms with E-state index in [2.05, 4.69) is 4.98 Å². The van der Waals surface area contributed by atoms with E-state index in [0.29, 0.717) is 28.6 Å². The van der Waals surface area contributed by atoms with E-state index < -0.39 is 11.2 Å². The fraction of sp³-hybridized carbons (Fsp3) is 0.280. The monoisotopic (exact) mass is 464 g/mol. The number of benzene rings is 2. The molecule has 0 atom stereocenters. The van der Waals surface area contributed by atoms with Crippen LogP contribution in [0.15, 0.2) is 64.4 Å². The molecule has 170 valence electrons. The maximum atomic E-state index is 13.5. The predicted molar refractivity (Wildman–Crippen MR) is 130 cm³/mol. The molecule has 0 N–H and O–H groups in total. The van der Waals surface area contributed by atoms with E-state index in [4.69, 9.17) is 11.6 Å². The molecule has 0 bridgehead atoms. The van der Waals surface area contributed by atoms with Crippen molar-refractivity contribution in [1.82, 2.24) is 18.7 Å². The molecule has 0 unspecified atom stereocenters. The van der Waals surface area contributed by atoms with Crippen molar-refractivity contribution in [1.29, 1.82) is 0 Å². The van der Waals surface area contributed by atoms with Gasteiger partial charge in [0, 0.05) is 17.1 Å². The molecule has 0 radical (unpaired) electrons. The number of halogens is 1. The number of aromatic nitrogens is 4. The van der Waals surface area contributed by atoms with Gasteiger partial charge in [-0.1, -0.05) is 43.6 Å². The van der Waals surface area contributed by atoms with Gasteiger partial charge in [-0.05, 0) is 55.2 Å². The number of nitrogens with zero attached hydrogens (tertiary/aromatic N) is 4. The summed E-state index contributed by atoms with van der Waals surface area (Å²) in [6.07, 6.45) is 2.12. The Morgan fingerprint density at radius 2 is 1.76 bits per heavy atom. The molecule has 0 saturated carbocycles. The van der Waals surface area contributed by atoms with Crippen LogP contribution in [0.3, 0.4) is 0 Å². The van der Waals surface area contributed by atoms with Gasteiger partial charge in [-0.25, -0.2) is 14.3 Å². The first-order valence-electron chi connectivity index (χ1n) is 10.8. The lowest BCUT2D eigenvalue weighted by Crippen LogP contribution is -2.40. The number of carbonyl (C=O) groups is 1. The van der Waals surface area contributed by atoms with Gasteiger partial charge in [0.15, 0.2) is 16.9 Å². The number of hydrogen-bond acceptors (Lipinski definition) is 4. The molecule has 0 spiro atoms. The lowest BCUT2D eigenvalue weighted by atomic mass is 10.1. The van der Waals surface area contributed by atoms with Crippen LogP contribution in [-0.2, 0) is 13.1 Å². The summed E-state index contributed by atoms with van der Waals surface area (Å²) in [5.74, 6) is 0.128. The quantitative estimate of drug-likeness (QED) is 0.383. The van der Waals surface area contributed by atoms with Gasteiger partial charge in [0.25, 0.3) is 5.56 Å². The molecule has 4 aromatic rings. The van der Waals surface area contributed by atoms with Gasteiger partial charge in [-0.2, -0.15) is 0 Å². The van der Waals surface area contributed by atoms with Crippen molar-refractivity contribution in [3.05, 3.63) is 91.8 Å². The number of ketones is 1. The molecule has 0 aliphatic heterocycles. The van der Waals surface area contributed by atoms with E-state index in [9.17, 15) is 14.4 Å². The third kappa shape index (κ3) is 4.41. The highest BCUT2D eigenvalue weighted by atomic mass is 35.5. The summed E-state index contributed by atoms with van der Waals surface area (Å²) >= 11 is 5.93. The number of hydrogen-bond donors (Lipinski definition) is 0. The predicted octanol–water partition coefficient (Wildman–Crippen LogP) is 4.24. The van der Waals surface area contributed by atoms with Gasteiger partial charge < -0.3 is 4.57 Å². The Hall–Kier alpha value is -3.45. The molecule has 33 heavy (non-hydrogen) atoms. The van der Waals surface area contributed by atoms with Crippen molar-refractivity contribution < 1.29 is 4.79 Å². The van der Waals surface area contributed by atoms with Crippen LogP contribution in [0.2, 0.25) is 5.02 Å². The fourth-order valence-electron chi connectivity index (χ4n) is 3.80. The van der Waals surface area contributed by atoms with E-state index in [-0.39, 0.29) is 30.0 Å². The van der Waals surface area contributed by atoms with E-state index in [0.717, 1.165) is 5.56 Å². The standard InChI is InChI=1S/C25H25ClN4O3/c1-16(2)12-13-29-24(32)22-23(30(25(29)33)20-7-5-4-6-17(20)3)27-15-28(22)14-21(31)18-8-10-19(26)11-9-18/h4-11,15-16H,12-14H2,1-3H3. The molecular formula is C25H25ClN4O3. The van der Waals surface area contributed by atoms with Gasteiger partial charge in [0.2, 0.25) is 0 Å². The molecular weight excluding hydrogens is 440 g/mol. The Labute approximate surface area is 195 Å². The van der Waals surface area contributed by atoms with Crippen molar-refractivity contribution in [2.75, 3.05) is 0 Å². The summed E-state index contributed by atoms with van der Waals surface area (Å²) in [6, 6.07) is 14.0. The molecule has 4 rings (SSSR count). The Kier molecular flexibility index (Phi) is 6.33. The average molecular weight is 465 g/mol. The first-order valence-corrected chi connectivity index (χ1v) is 11.2. The van der Waals surface area contributed by atoms with Gasteiger partial charge in [0.05, 0.1) is 18.6 Å². The van der Waals surface area contributed by atoms with Crippen LogP contribution in [0.25, 0.3) is 16.9 Å². The third-order valence-corrected chi connectivity index (χ3v) is 5.92. The second-order valence-electron chi connectivity index (χ2n) is 8.52. The lowest BCUT2D eigenvalue weighted by molar-refractivity contribution is 0.0973. The number of rotatable bonds is 7. The summed E-state index contributed by atoms with van der Waals surface area (Å²) in [4.78, 5) is 44.2. The zero-order chi connectivity index (χ0) is 23.7. The summed E-state index contributed by atoms with van der Waals surface area (Å²) < 4.78 is 4.24. The first-order chi connectivity index (χ1) is 15.8. The molecule has 8 heteroatoms. The van der Waals surface area contributed by atoms with Crippen LogP contribution in [0.5, 0.6) is 0 Å². The SMILES string of the molecule is Cc1ccccc1-n1c(=O)n(CCC(C)C)c(=O)c2c1ncn2CC(=O)c1ccc(Cl)cc1. The fourth-order valence-corrected chi connectivity index (χ4v) is 3.92. The van der Waals surface area contributed by atoms with Crippen LogP contribution < -0.4 is 11.2 Å². The van der Waals surface area contributed by atoms with Gasteiger partial charge in [-0.15, -0.1) is 0 Å². The van der Waals surface area contributed by atoms with Crippen LogP contribution in [0.4, 0.5) is 0 Å². The molecule has 0 aliphatic rings. The highest BCUT2D eigenvalue weighted by molar-refractivity contribution is 6.30. The highest BCUT2D eigenvalue weighted by Crippen LogP contribution is 2.18. The number of carbonyl (C=O) groups excluding carboxylic acids is 1. The van der Waals surface area contributed by atoms with Crippen molar-refractivity contribution in [3.63, 3.8) is 0 Å². The van der Waals surface area contributed by atoms with Gasteiger partial charge in [-0.3, -0.25) is 14.2 Å². The second-order valence-corrected chi connectivity index (χ2v) is 8.95. The number of para-hydroxylation sites is 1. The Morgan fingerprint density at radius 3 is 2.42 bits per heavy atom. The number of aryl methyl sites for hydroxylation is 1. The van der Waals surface area contributed by atoms with Crippen molar-refractivity contribution in [3.8, 4) is 5.69 Å².